The fourth-order valence-corrected chi connectivity index (χ4v) is 2.63. The average molecular weight is 328 g/mol. The molecule has 1 aliphatic rings. The summed E-state index contributed by atoms with van der Waals surface area (Å²) < 4.78 is 38.8. The fraction of sp³-hybridized carbons (Fsp3) is 0.500. The molecular weight excluding hydrogens is 309 g/mol. The second-order valence-corrected chi connectivity index (χ2v) is 5.74. The molecule has 1 heterocycles. The summed E-state index contributed by atoms with van der Waals surface area (Å²) >= 11 is 0. The van der Waals surface area contributed by atoms with Gasteiger partial charge in [0.15, 0.2) is 0 Å². The summed E-state index contributed by atoms with van der Waals surface area (Å²) in [5, 5.41) is 2.32. The van der Waals surface area contributed by atoms with Gasteiger partial charge in [0.05, 0.1) is 17.2 Å². The molecule has 2 rings (SSSR count). The monoisotopic (exact) mass is 328 g/mol. The van der Waals surface area contributed by atoms with E-state index < -0.39 is 23.6 Å². The van der Waals surface area contributed by atoms with Crippen molar-refractivity contribution in [3.8, 4) is 0 Å². The average Bonchev–Trinajstić information content (AvgIpc) is 2.88. The molecule has 1 aliphatic heterocycles. The zero-order valence-corrected chi connectivity index (χ0v) is 13.0. The van der Waals surface area contributed by atoms with Crippen LogP contribution in [-0.2, 0) is 15.8 Å². The highest BCUT2D eigenvalue weighted by Gasteiger charge is 2.38. The number of carbonyl (C=O) groups is 2. The van der Waals surface area contributed by atoms with Crippen LogP contribution in [0.2, 0.25) is 0 Å². The van der Waals surface area contributed by atoms with Crippen molar-refractivity contribution in [2.45, 2.75) is 38.9 Å². The number of nitrogens with zero attached hydrogens (tertiary/aromatic N) is 1. The van der Waals surface area contributed by atoms with Crippen LogP contribution in [0.25, 0.3) is 0 Å². The number of amides is 2. The Balaban J connectivity index is 2.11. The largest absolute Gasteiger partial charge is 0.418 e. The Bertz CT molecular complexity index is 601. The van der Waals surface area contributed by atoms with Crippen molar-refractivity contribution < 1.29 is 22.8 Å². The molecule has 126 valence electrons. The third-order valence-corrected chi connectivity index (χ3v) is 4.14. The number of hydrogen-bond acceptors (Lipinski definition) is 2. The van der Waals surface area contributed by atoms with E-state index in [9.17, 15) is 22.8 Å². The van der Waals surface area contributed by atoms with Crippen LogP contribution in [0.15, 0.2) is 24.3 Å². The molecule has 2 amide bonds. The summed E-state index contributed by atoms with van der Waals surface area (Å²) in [7, 11) is 0. The highest BCUT2D eigenvalue weighted by atomic mass is 19.4. The first-order chi connectivity index (χ1) is 10.7. The quantitative estimate of drug-likeness (QED) is 0.922. The van der Waals surface area contributed by atoms with E-state index in [1.165, 1.54) is 18.2 Å². The lowest BCUT2D eigenvalue weighted by atomic mass is 10.1. The number of anilines is 1. The number of benzene rings is 1. The van der Waals surface area contributed by atoms with Crippen molar-refractivity contribution in [3.05, 3.63) is 29.8 Å². The molecule has 1 N–H and O–H groups in total. The molecule has 0 aromatic heterocycles. The maximum Gasteiger partial charge on any atom is 0.418 e. The Morgan fingerprint density at radius 2 is 2.04 bits per heavy atom. The fourth-order valence-electron chi connectivity index (χ4n) is 2.63. The first kappa shape index (κ1) is 17.3. The van der Waals surface area contributed by atoms with Crippen LogP contribution in [0.5, 0.6) is 0 Å². The lowest BCUT2D eigenvalue weighted by molar-refractivity contribution is -0.137. The van der Waals surface area contributed by atoms with Crippen LogP contribution in [0.1, 0.15) is 32.3 Å². The molecule has 0 radical (unpaired) electrons. The van der Waals surface area contributed by atoms with E-state index >= 15 is 0 Å². The maximum absolute atomic E-state index is 12.9. The van der Waals surface area contributed by atoms with Gasteiger partial charge in [-0.3, -0.25) is 9.59 Å². The van der Waals surface area contributed by atoms with Crippen molar-refractivity contribution in [3.63, 3.8) is 0 Å². The van der Waals surface area contributed by atoms with Crippen molar-refractivity contribution in [1.29, 1.82) is 0 Å². The van der Waals surface area contributed by atoms with Crippen molar-refractivity contribution >= 4 is 17.5 Å². The summed E-state index contributed by atoms with van der Waals surface area (Å²) in [6.45, 7) is 4.07. The zero-order valence-electron chi connectivity index (χ0n) is 13.0. The Morgan fingerprint density at radius 1 is 1.39 bits per heavy atom. The number of halogens is 3. The number of hydrogen-bond donors (Lipinski definition) is 1. The van der Waals surface area contributed by atoms with Gasteiger partial charge in [-0.1, -0.05) is 19.1 Å². The topological polar surface area (TPSA) is 49.4 Å². The van der Waals surface area contributed by atoms with Gasteiger partial charge >= 0.3 is 6.18 Å². The number of alkyl halides is 3. The van der Waals surface area contributed by atoms with Gasteiger partial charge in [-0.25, -0.2) is 0 Å². The molecule has 1 fully saturated rings. The van der Waals surface area contributed by atoms with Gasteiger partial charge in [0, 0.05) is 19.0 Å². The van der Waals surface area contributed by atoms with Crippen LogP contribution in [-0.4, -0.2) is 29.3 Å². The molecule has 1 aromatic rings. The van der Waals surface area contributed by atoms with E-state index in [0.29, 0.717) is 0 Å². The molecule has 4 nitrogen and oxygen atoms in total. The van der Waals surface area contributed by atoms with Crippen LogP contribution in [0, 0.1) is 5.92 Å². The Hall–Kier alpha value is -2.05. The van der Waals surface area contributed by atoms with Crippen molar-refractivity contribution in [2.75, 3.05) is 11.9 Å². The molecule has 0 bridgehead atoms. The first-order valence-electron chi connectivity index (χ1n) is 7.50. The predicted octanol–water partition coefficient (Wildman–Crippen LogP) is 3.29. The summed E-state index contributed by atoms with van der Waals surface area (Å²) in [4.78, 5) is 25.8. The summed E-state index contributed by atoms with van der Waals surface area (Å²) in [6.07, 6.45) is -3.75. The van der Waals surface area contributed by atoms with Gasteiger partial charge in [-0.15, -0.1) is 0 Å². The van der Waals surface area contributed by atoms with Gasteiger partial charge in [0.2, 0.25) is 11.8 Å². The van der Waals surface area contributed by atoms with Crippen LogP contribution in [0.4, 0.5) is 18.9 Å². The normalized spacial score (nSPS) is 19.8. The number of likely N-dealkylation sites (tertiary alicyclic amines) is 1. The van der Waals surface area contributed by atoms with Crippen molar-refractivity contribution in [1.82, 2.24) is 4.90 Å². The lowest BCUT2D eigenvalue weighted by Gasteiger charge is -2.23. The van der Waals surface area contributed by atoms with Crippen molar-refractivity contribution in [2.24, 2.45) is 5.92 Å². The van der Waals surface area contributed by atoms with Gasteiger partial charge in [-0.05, 0) is 25.5 Å². The van der Waals surface area contributed by atoms with Crippen LogP contribution in [0.3, 0.4) is 0 Å². The maximum atomic E-state index is 12.9. The third-order valence-electron chi connectivity index (χ3n) is 4.14. The second-order valence-electron chi connectivity index (χ2n) is 5.74. The molecule has 1 saturated heterocycles. The van der Waals surface area contributed by atoms with E-state index in [4.69, 9.17) is 0 Å². The molecule has 0 saturated carbocycles. The lowest BCUT2D eigenvalue weighted by Crippen LogP contribution is -2.35. The molecule has 2 atom stereocenters. The molecule has 0 spiro atoms. The van der Waals surface area contributed by atoms with Gasteiger partial charge < -0.3 is 10.2 Å². The van der Waals surface area contributed by atoms with E-state index in [0.717, 1.165) is 12.5 Å². The zero-order chi connectivity index (χ0) is 17.2. The smallest absolute Gasteiger partial charge is 0.339 e. The minimum absolute atomic E-state index is 0.0164. The van der Waals surface area contributed by atoms with Crippen LogP contribution >= 0.6 is 0 Å². The summed E-state index contributed by atoms with van der Waals surface area (Å²) in [6, 6.07) is 4.84. The predicted molar refractivity (Wildman–Crippen MR) is 79.6 cm³/mol. The minimum Gasteiger partial charge on any atom is -0.339 e. The third kappa shape index (κ3) is 3.83. The SMILES string of the molecule is CCC(C)N1CC(C(=O)Nc2ccccc2C(F)(F)F)CC1=O. The number of para-hydroxylation sites is 1. The molecule has 0 aliphatic carbocycles. The Kier molecular flexibility index (Phi) is 4.97. The number of carbonyl (C=O) groups excluding carboxylic acids is 2. The summed E-state index contributed by atoms with van der Waals surface area (Å²) in [5.74, 6) is -1.32. The van der Waals surface area contributed by atoms with Gasteiger partial charge in [0.25, 0.3) is 0 Å². The van der Waals surface area contributed by atoms with E-state index in [1.54, 1.807) is 4.90 Å². The Labute approximate surface area is 132 Å². The molecule has 7 heteroatoms. The molecular formula is C16H19F3N2O2. The van der Waals surface area contributed by atoms with Gasteiger partial charge in [0.1, 0.15) is 0 Å². The Morgan fingerprint density at radius 3 is 2.65 bits per heavy atom. The highest BCUT2D eigenvalue weighted by molar-refractivity contribution is 5.97. The van der Waals surface area contributed by atoms with Crippen LogP contribution < -0.4 is 5.32 Å². The van der Waals surface area contributed by atoms with E-state index in [1.807, 2.05) is 13.8 Å². The molecule has 1 aromatic carbocycles. The standard InChI is InChI=1S/C16H19F3N2O2/c1-3-10(2)21-9-11(8-14(21)22)15(23)20-13-7-5-4-6-12(13)16(17,18)19/h4-7,10-11H,3,8-9H2,1-2H3,(H,20,23). The summed E-state index contributed by atoms with van der Waals surface area (Å²) in [5.41, 5.74) is -1.17. The molecule has 2 unspecified atom stereocenters. The molecule has 23 heavy (non-hydrogen) atoms. The number of rotatable bonds is 4. The van der Waals surface area contributed by atoms with E-state index in [-0.39, 0.29) is 30.6 Å². The van der Waals surface area contributed by atoms with Gasteiger partial charge in [-0.2, -0.15) is 13.2 Å². The minimum atomic E-state index is -4.54. The van der Waals surface area contributed by atoms with E-state index in [2.05, 4.69) is 5.32 Å². The second kappa shape index (κ2) is 6.60. The highest BCUT2D eigenvalue weighted by Crippen LogP contribution is 2.35. The first-order valence-corrected chi connectivity index (χ1v) is 7.50. The number of nitrogens with one attached hydrogen (secondary N) is 1.